The fraction of sp³-hybridized carbons (Fsp3) is 0. The van der Waals surface area contributed by atoms with Crippen molar-refractivity contribution in [2.75, 3.05) is 0 Å². The first-order valence-electron chi connectivity index (χ1n) is 6.80. The molecule has 0 unspecified atom stereocenters. The van der Waals surface area contributed by atoms with Crippen LogP contribution in [0.3, 0.4) is 0 Å². The molecule has 2 heterocycles. The summed E-state index contributed by atoms with van der Waals surface area (Å²) >= 11 is 0. The fourth-order valence-electron chi connectivity index (χ4n) is 2.71. The van der Waals surface area contributed by atoms with Gasteiger partial charge in [0.25, 0.3) is 5.91 Å². The average Bonchev–Trinajstić information content (AvgIpc) is 2.90. The van der Waals surface area contributed by atoms with Crippen LogP contribution in [0.15, 0.2) is 72.9 Å². The van der Waals surface area contributed by atoms with Crippen LogP contribution in [-0.4, -0.2) is 15.5 Å². The van der Waals surface area contributed by atoms with Gasteiger partial charge in [0.15, 0.2) is 0 Å². The number of rotatable bonds is 1. The van der Waals surface area contributed by atoms with E-state index in [0.29, 0.717) is 11.2 Å². The van der Waals surface area contributed by atoms with Crippen molar-refractivity contribution < 1.29 is 4.79 Å². The van der Waals surface area contributed by atoms with Crippen molar-refractivity contribution in [1.29, 1.82) is 0 Å². The first-order valence-corrected chi connectivity index (χ1v) is 6.80. The summed E-state index contributed by atoms with van der Waals surface area (Å²) in [4.78, 5) is 17.3. The molecule has 4 rings (SSSR count). The molecule has 21 heavy (non-hydrogen) atoms. The van der Waals surface area contributed by atoms with Gasteiger partial charge in [-0.1, -0.05) is 36.4 Å². The number of aromatic nitrogens is 2. The van der Waals surface area contributed by atoms with Crippen LogP contribution in [0.5, 0.6) is 0 Å². The first kappa shape index (κ1) is 11.9. The maximum atomic E-state index is 12.9. The van der Waals surface area contributed by atoms with Crippen molar-refractivity contribution in [3.05, 3.63) is 78.5 Å². The van der Waals surface area contributed by atoms with E-state index in [1.165, 1.54) is 0 Å². The third-order valence-electron chi connectivity index (χ3n) is 3.66. The number of benzene rings is 2. The van der Waals surface area contributed by atoms with Crippen LogP contribution in [0, 0.1) is 0 Å². The molecule has 0 aliphatic heterocycles. The van der Waals surface area contributed by atoms with Crippen molar-refractivity contribution in [2.45, 2.75) is 0 Å². The average molecular weight is 272 g/mol. The lowest BCUT2D eigenvalue weighted by molar-refractivity contribution is 0.0969. The summed E-state index contributed by atoms with van der Waals surface area (Å²) in [6.45, 7) is 0. The Morgan fingerprint density at radius 2 is 1.52 bits per heavy atom. The zero-order valence-electron chi connectivity index (χ0n) is 11.2. The Balaban J connectivity index is 2.09. The Morgan fingerprint density at radius 1 is 0.810 bits per heavy atom. The molecule has 100 valence electrons. The van der Waals surface area contributed by atoms with Gasteiger partial charge in [-0.2, -0.15) is 0 Å². The fourth-order valence-corrected chi connectivity index (χ4v) is 2.71. The van der Waals surface area contributed by atoms with Gasteiger partial charge in [-0.05, 0) is 30.3 Å². The van der Waals surface area contributed by atoms with E-state index in [1.807, 2.05) is 66.7 Å². The number of hydrogen-bond donors (Lipinski definition) is 0. The van der Waals surface area contributed by atoms with Crippen molar-refractivity contribution >= 4 is 27.8 Å². The Morgan fingerprint density at radius 3 is 2.38 bits per heavy atom. The number of para-hydroxylation sites is 1. The van der Waals surface area contributed by atoms with Crippen LogP contribution in [0.1, 0.15) is 10.4 Å². The molecule has 0 atom stereocenters. The number of carbonyl (C=O) groups excluding carboxylic acids is 1. The molecule has 4 aromatic rings. The molecule has 0 bridgehead atoms. The lowest BCUT2D eigenvalue weighted by atomic mass is 10.2. The summed E-state index contributed by atoms with van der Waals surface area (Å²) in [5, 5.41) is 2.04. The van der Waals surface area contributed by atoms with Gasteiger partial charge in [0.05, 0.1) is 5.52 Å². The predicted octanol–water partition coefficient (Wildman–Crippen LogP) is 3.88. The highest BCUT2D eigenvalue weighted by molar-refractivity contribution is 6.15. The highest BCUT2D eigenvalue weighted by atomic mass is 16.2. The molecule has 3 heteroatoms. The molecule has 0 saturated carbocycles. The second-order valence-corrected chi connectivity index (χ2v) is 4.90. The van der Waals surface area contributed by atoms with Crippen LogP contribution in [-0.2, 0) is 0 Å². The normalized spacial score (nSPS) is 11.0. The second kappa shape index (κ2) is 4.56. The van der Waals surface area contributed by atoms with Gasteiger partial charge < -0.3 is 0 Å². The van der Waals surface area contributed by atoms with Gasteiger partial charge >= 0.3 is 0 Å². The van der Waals surface area contributed by atoms with E-state index < -0.39 is 0 Å². The van der Waals surface area contributed by atoms with Crippen molar-refractivity contribution in [2.24, 2.45) is 0 Å². The van der Waals surface area contributed by atoms with E-state index in [0.717, 1.165) is 16.3 Å². The number of pyridine rings is 1. The van der Waals surface area contributed by atoms with Crippen molar-refractivity contribution in [3.8, 4) is 0 Å². The molecule has 2 aromatic heterocycles. The van der Waals surface area contributed by atoms with Crippen molar-refractivity contribution in [3.63, 3.8) is 0 Å². The minimum atomic E-state index is -0.0551. The number of fused-ring (bicyclic) bond motifs is 3. The monoisotopic (exact) mass is 272 g/mol. The van der Waals surface area contributed by atoms with E-state index in [4.69, 9.17) is 0 Å². The largest absolute Gasteiger partial charge is 0.268 e. The van der Waals surface area contributed by atoms with Gasteiger partial charge in [-0.25, -0.2) is 4.98 Å². The summed E-state index contributed by atoms with van der Waals surface area (Å²) in [5.41, 5.74) is 2.25. The standard InChI is InChI=1S/C18H12N2O/c21-18(13-7-2-1-3-8-13)20-16-11-5-4-9-14(16)15-10-6-12-19-17(15)20/h1-12H. The third kappa shape index (κ3) is 1.75. The van der Waals surface area contributed by atoms with E-state index in [1.54, 1.807) is 10.8 Å². The minimum absolute atomic E-state index is 0.0551. The first-order chi connectivity index (χ1) is 10.4. The van der Waals surface area contributed by atoms with Gasteiger partial charge in [0.2, 0.25) is 0 Å². The van der Waals surface area contributed by atoms with Gasteiger partial charge in [0, 0.05) is 22.5 Å². The Hall–Kier alpha value is -2.94. The summed E-state index contributed by atoms with van der Waals surface area (Å²) in [6.07, 6.45) is 1.72. The predicted molar refractivity (Wildman–Crippen MR) is 83.4 cm³/mol. The van der Waals surface area contributed by atoms with Crippen LogP contribution in [0.2, 0.25) is 0 Å². The van der Waals surface area contributed by atoms with E-state index >= 15 is 0 Å². The maximum Gasteiger partial charge on any atom is 0.264 e. The number of carbonyl (C=O) groups is 1. The molecule has 0 amide bonds. The quantitative estimate of drug-likeness (QED) is 0.527. The Labute approximate surface area is 121 Å². The zero-order valence-corrected chi connectivity index (χ0v) is 11.2. The molecule has 0 aliphatic rings. The number of nitrogens with zero attached hydrogens (tertiary/aromatic N) is 2. The molecule has 0 spiro atoms. The topological polar surface area (TPSA) is 34.9 Å². The summed E-state index contributed by atoms with van der Waals surface area (Å²) in [6, 6.07) is 21.1. The summed E-state index contributed by atoms with van der Waals surface area (Å²) in [7, 11) is 0. The van der Waals surface area contributed by atoms with E-state index in [2.05, 4.69) is 4.98 Å². The van der Waals surface area contributed by atoms with Crippen molar-refractivity contribution in [1.82, 2.24) is 9.55 Å². The maximum absolute atomic E-state index is 12.9. The molecule has 0 saturated heterocycles. The second-order valence-electron chi connectivity index (χ2n) is 4.90. The third-order valence-corrected chi connectivity index (χ3v) is 3.66. The molecular formula is C18H12N2O. The molecule has 0 radical (unpaired) electrons. The van der Waals surface area contributed by atoms with Crippen LogP contribution >= 0.6 is 0 Å². The van der Waals surface area contributed by atoms with E-state index in [-0.39, 0.29) is 5.91 Å². The smallest absolute Gasteiger partial charge is 0.264 e. The van der Waals surface area contributed by atoms with Gasteiger partial charge in [0.1, 0.15) is 5.65 Å². The minimum Gasteiger partial charge on any atom is -0.268 e. The lowest BCUT2D eigenvalue weighted by Crippen LogP contribution is -2.12. The van der Waals surface area contributed by atoms with Crippen LogP contribution in [0.4, 0.5) is 0 Å². The molecule has 2 aromatic carbocycles. The molecule has 0 fully saturated rings. The van der Waals surface area contributed by atoms with E-state index in [9.17, 15) is 4.79 Å². The molecule has 3 nitrogen and oxygen atoms in total. The Bertz CT molecular complexity index is 901. The highest BCUT2D eigenvalue weighted by Gasteiger charge is 2.17. The van der Waals surface area contributed by atoms with Crippen LogP contribution in [0.25, 0.3) is 21.9 Å². The highest BCUT2D eigenvalue weighted by Crippen LogP contribution is 2.27. The molecule has 0 aliphatic carbocycles. The van der Waals surface area contributed by atoms with Gasteiger partial charge in [-0.3, -0.25) is 9.36 Å². The zero-order chi connectivity index (χ0) is 14.2. The SMILES string of the molecule is O=C(c1ccccc1)n1c2ccccc2c2cccnc21. The lowest BCUT2D eigenvalue weighted by Gasteiger charge is -2.05. The molecular weight excluding hydrogens is 260 g/mol. The summed E-state index contributed by atoms with van der Waals surface area (Å²) < 4.78 is 1.69. The molecule has 0 N–H and O–H groups in total. The van der Waals surface area contributed by atoms with Gasteiger partial charge in [-0.15, -0.1) is 0 Å². The number of hydrogen-bond acceptors (Lipinski definition) is 2. The van der Waals surface area contributed by atoms with Crippen LogP contribution < -0.4 is 0 Å². The summed E-state index contributed by atoms with van der Waals surface area (Å²) in [5.74, 6) is -0.0551. The Kier molecular flexibility index (Phi) is 2.57.